The Bertz CT molecular complexity index is 802. The fourth-order valence-corrected chi connectivity index (χ4v) is 3.07. The minimum atomic E-state index is -0.934. The molecule has 6 nitrogen and oxygen atoms in total. The summed E-state index contributed by atoms with van der Waals surface area (Å²) in [5, 5.41) is 16.1. The number of carbonyl (C=O) groups is 1. The zero-order valence-electron chi connectivity index (χ0n) is 14.4. The highest BCUT2D eigenvalue weighted by atomic mass is 16.5. The van der Waals surface area contributed by atoms with E-state index in [1.807, 2.05) is 42.5 Å². The third kappa shape index (κ3) is 4.61. The van der Waals surface area contributed by atoms with Crippen LogP contribution in [0.15, 0.2) is 42.5 Å². The summed E-state index contributed by atoms with van der Waals surface area (Å²) >= 11 is 0. The molecule has 1 aliphatic rings. The maximum Gasteiger partial charge on any atom is 0.329 e. The minimum Gasteiger partial charge on any atom is -0.489 e. The number of aryl methyl sites for hydroxylation is 1. The number of nitrogens with one attached hydrogen (secondary N) is 1. The Labute approximate surface area is 152 Å². The van der Waals surface area contributed by atoms with Gasteiger partial charge in [0, 0.05) is 5.56 Å². The van der Waals surface area contributed by atoms with Crippen molar-refractivity contribution in [2.24, 2.45) is 5.73 Å². The van der Waals surface area contributed by atoms with Crippen LogP contribution in [0.5, 0.6) is 5.75 Å². The third-order valence-corrected chi connectivity index (χ3v) is 4.47. The molecule has 0 spiro atoms. The standard InChI is InChI=1S/C20H22N2O4/c21-20(22)14-3-1-13(2-4-14)11-25-17-7-5-16-10-18(26-12-19(23)24)8-6-15(16)9-17/h1-5,7,9,18H,6,8,10-12H2,(H3,21,22)(H,23,24). The SMILES string of the molecule is N=C(N)c1ccc(COc2ccc3c(c2)CCC(OCC(=O)O)C3)cc1. The highest BCUT2D eigenvalue weighted by Crippen LogP contribution is 2.27. The van der Waals surface area contributed by atoms with Crippen molar-refractivity contribution in [1.29, 1.82) is 5.41 Å². The molecule has 1 aliphatic carbocycles. The summed E-state index contributed by atoms with van der Waals surface area (Å²) in [4.78, 5) is 10.6. The van der Waals surface area contributed by atoms with E-state index in [9.17, 15) is 4.79 Å². The second kappa shape index (κ2) is 8.01. The van der Waals surface area contributed by atoms with Gasteiger partial charge < -0.3 is 20.3 Å². The molecule has 0 saturated carbocycles. The molecule has 136 valence electrons. The smallest absolute Gasteiger partial charge is 0.329 e. The van der Waals surface area contributed by atoms with E-state index in [1.165, 1.54) is 11.1 Å². The van der Waals surface area contributed by atoms with Crippen LogP contribution < -0.4 is 10.5 Å². The predicted molar refractivity (Wildman–Crippen MR) is 97.6 cm³/mol. The van der Waals surface area contributed by atoms with Crippen LogP contribution in [0.1, 0.15) is 28.7 Å². The Morgan fingerprint density at radius 3 is 2.65 bits per heavy atom. The molecule has 0 aliphatic heterocycles. The summed E-state index contributed by atoms with van der Waals surface area (Å²) in [7, 11) is 0. The van der Waals surface area contributed by atoms with E-state index >= 15 is 0 Å². The zero-order chi connectivity index (χ0) is 18.5. The molecule has 4 N–H and O–H groups in total. The number of benzene rings is 2. The molecular weight excluding hydrogens is 332 g/mol. The lowest BCUT2D eigenvalue weighted by molar-refractivity contribution is -0.144. The van der Waals surface area contributed by atoms with Gasteiger partial charge in [0.2, 0.25) is 0 Å². The van der Waals surface area contributed by atoms with Gasteiger partial charge in [-0.25, -0.2) is 4.79 Å². The average molecular weight is 354 g/mol. The van der Waals surface area contributed by atoms with Crippen LogP contribution in [0.2, 0.25) is 0 Å². The van der Waals surface area contributed by atoms with Gasteiger partial charge in [0.05, 0.1) is 6.10 Å². The van der Waals surface area contributed by atoms with Crippen LogP contribution in [0.4, 0.5) is 0 Å². The van der Waals surface area contributed by atoms with Gasteiger partial charge in [0.25, 0.3) is 0 Å². The van der Waals surface area contributed by atoms with E-state index in [2.05, 4.69) is 0 Å². The van der Waals surface area contributed by atoms with Gasteiger partial charge in [-0.05, 0) is 48.1 Å². The van der Waals surface area contributed by atoms with Crippen molar-refractivity contribution in [3.63, 3.8) is 0 Å². The van der Waals surface area contributed by atoms with E-state index in [0.717, 1.165) is 30.6 Å². The molecule has 1 atom stereocenters. The average Bonchev–Trinajstić information content (AvgIpc) is 2.64. The van der Waals surface area contributed by atoms with Gasteiger partial charge >= 0.3 is 5.97 Å². The number of ether oxygens (including phenoxy) is 2. The first-order chi connectivity index (χ1) is 12.5. The maximum atomic E-state index is 10.6. The summed E-state index contributed by atoms with van der Waals surface area (Å²) in [5.41, 5.74) is 9.57. The minimum absolute atomic E-state index is 0.0369. The largest absolute Gasteiger partial charge is 0.489 e. The van der Waals surface area contributed by atoms with Crippen molar-refractivity contribution in [2.75, 3.05) is 6.61 Å². The summed E-state index contributed by atoms with van der Waals surface area (Å²) in [6.07, 6.45) is 2.36. The summed E-state index contributed by atoms with van der Waals surface area (Å²) in [6.45, 7) is 0.199. The van der Waals surface area contributed by atoms with E-state index in [0.29, 0.717) is 12.2 Å². The van der Waals surface area contributed by atoms with Gasteiger partial charge in [0.15, 0.2) is 0 Å². The maximum absolute atomic E-state index is 10.6. The van der Waals surface area contributed by atoms with Crippen LogP contribution in [-0.2, 0) is 29.0 Å². The highest BCUT2D eigenvalue weighted by molar-refractivity contribution is 5.94. The monoisotopic (exact) mass is 354 g/mol. The van der Waals surface area contributed by atoms with Crippen molar-refractivity contribution in [3.05, 3.63) is 64.7 Å². The topological polar surface area (TPSA) is 106 Å². The summed E-state index contributed by atoms with van der Waals surface area (Å²) in [6, 6.07) is 13.4. The Morgan fingerprint density at radius 2 is 1.96 bits per heavy atom. The number of nitrogens with two attached hydrogens (primary N) is 1. The normalized spacial score (nSPS) is 15.9. The fourth-order valence-electron chi connectivity index (χ4n) is 3.07. The molecule has 0 amide bonds. The Hall–Kier alpha value is -2.86. The molecule has 0 bridgehead atoms. The third-order valence-electron chi connectivity index (χ3n) is 4.47. The van der Waals surface area contributed by atoms with Crippen molar-refractivity contribution in [2.45, 2.75) is 32.0 Å². The number of nitrogen functional groups attached to an aromatic ring is 1. The van der Waals surface area contributed by atoms with Crippen molar-refractivity contribution < 1.29 is 19.4 Å². The Balaban J connectivity index is 1.57. The molecule has 2 aromatic rings. The van der Waals surface area contributed by atoms with Crippen molar-refractivity contribution in [1.82, 2.24) is 0 Å². The molecular formula is C20H22N2O4. The summed E-state index contributed by atoms with van der Waals surface area (Å²) in [5.74, 6) is -0.0713. The van der Waals surface area contributed by atoms with E-state index in [4.69, 9.17) is 25.7 Å². The lowest BCUT2D eigenvalue weighted by atomic mass is 9.89. The number of fused-ring (bicyclic) bond motifs is 1. The highest BCUT2D eigenvalue weighted by Gasteiger charge is 2.20. The number of hydrogen-bond donors (Lipinski definition) is 3. The zero-order valence-corrected chi connectivity index (χ0v) is 14.4. The first-order valence-corrected chi connectivity index (χ1v) is 8.52. The number of carboxylic acid groups (broad SMARTS) is 1. The molecule has 6 heteroatoms. The number of hydrogen-bond acceptors (Lipinski definition) is 4. The number of carboxylic acids is 1. The van der Waals surface area contributed by atoms with Crippen molar-refractivity contribution >= 4 is 11.8 Å². The van der Waals surface area contributed by atoms with Crippen molar-refractivity contribution in [3.8, 4) is 5.75 Å². The van der Waals surface area contributed by atoms with Gasteiger partial charge in [-0.15, -0.1) is 0 Å². The van der Waals surface area contributed by atoms with Crippen LogP contribution >= 0.6 is 0 Å². The molecule has 2 aromatic carbocycles. The van der Waals surface area contributed by atoms with Gasteiger partial charge in [-0.3, -0.25) is 5.41 Å². The van der Waals surface area contributed by atoms with E-state index in [1.54, 1.807) is 0 Å². The first-order valence-electron chi connectivity index (χ1n) is 8.52. The van der Waals surface area contributed by atoms with Crippen LogP contribution in [-0.4, -0.2) is 29.6 Å². The molecule has 0 heterocycles. The summed E-state index contributed by atoms with van der Waals surface area (Å²) < 4.78 is 11.3. The molecule has 0 saturated heterocycles. The first kappa shape index (κ1) is 17.9. The van der Waals surface area contributed by atoms with E-state index < -0.39 is 5.97 Å². The predicted octanol–water partition coefficient (Wildman–Crippen LogP) is 2.51. The van der Waals surface area contributed by atoms with Crippen LogP contribution in [0, 0.1) is 5.41 Å². The second-order valence-electron chi connectivity index (χ2n) is 6.40. The molecule has 26 heavy (non-hydrogen) atoms. The number of rotatable bonds is 7. The van der Waals surface area contributed by atoms with Gasteiger partial charge in [-0.2, -0.15) is 0 Å². The van der Waals surface area contributed by atoms with Gasteiger partial charge in [-0.1, -0.05) is 30.3 Å². The van der Waals surface area contributed by atoms with E-state index in [-0.39, 0.29) is 18.5 Å². The lowest BCUT2D eigenvalue weighted by Crippen LogP contribution is -2.25. The Kier molecular flexibility index (Phi) is 5.53. The Morgan fingerprint density at radius 1 is 1.19 bits per heavy atom. The molecule has 0 aromatic heterocycles. The second-order valence-corrected chi connectivity index (χ2v) is 6.40. The number of amidine groups is 1. The molecule has 0 radical (unpaired) electrons. The van der Waals surface area contributed by atoms with Crippen LogP contribution in [0.25, 0.3) is 0 Å². The molecule has 1 unspecified atom stereocenters. The van der Waals surface area contributed by atoms with Crippen LogP contribution in [0.3, 0.4) is 0 Å². The van der Waals surface area contributed by atoms with Gasteiger partial charge in [0.1, 0.15) is 24.8 Å². The molecule has 0 fully saturated rings. The quantitative estimate of drug-likeness (QED) is 0.523. The molecule has 3 rings (SSSR count). The fraction of sp³-hybridized carbons (Fsp3) is 0.300. The lowest BCUT2D eigenvalue weighted by Gasteiger charge is -2.24. The number of aliphatic carboxylic acids is 1.